The summed E-state index contributed by atoms with van der Waals surface area (Å²) in [5.41, 5.74) is 7.96. The highest BCUT2D eigenvalue weighted by Crippen LogP contribution is 2.31. The summed E-state index contributed by atoms with van der Waals surface area (Å²) in [6, 6.07) is 63.2. The fourth-order valence-electron chi connectivity index (χ4n) is 6.82. The van der Waals surface area contributed by atoms with E-state index in [1.165, 1.54) is 43.1 Å². The van der Waals surface area contributed by atoms with E-state index in [4.69, 9.17) is 0 Å². The minimum absolute atomic E-state index is 0.594. The molecule has 0 bridgehead atoms. The molecule has 2 aromatic heterocycles. The Kier molecular flexibility index (Phi) is 9.21. The number of halogens is 2. The second kappa shape index (κ2) is 14.7. The third-order valence-electron chi connectivity index (χ3n) is 9.58. The summed E-state index contributed by atoms with van der Waals surface area (Å²) in [7, 11) is 0. The maximum atomic E-state index is 4.60. The van der Waals surface area contributed by atoms with Crippen LogP contribution in [0.1, 0.15) is 0 Å². The van der Waals surface area contributed by atoms with E-state index in [-0.39, 0.29) is 0 Å². The van der Waals surface area contributed by atoms with Crippen molar-refractivity contribution < 1.29 is 0 Å². The van der Waals surface area contributed by atoms with E-state index in [1.54, 1.807) is 0 Å². The molecule has 2 heterocycles. The first kappa shape index (κ1) is 33.7. The van der Waals surface area contributed by atoms with Crippen LogP contribution in [0.3, 0.4) is 0 Å². The average molecular weight is 823 g/mol. The van der Waals surface area contributed by atoms with Gasteiger partial charge in [0, 0.05) is 22.3 Å². The number of hydrogen-bond acceptors (Lipinski definition) is 4. The molecule has 0 aliphatic heterocycles. The lowest BCUT2D eigenvalue weighted by molar-refractivity contribution is 1.12. The number of nitrogens with zero attached hydrogens (tertiary/aromatic N) is 4. The van der Waals surface area contributed by atoms with Gasteiger partial charge in [0.2, 0.25) is 0 Å². The van der Waals surface area contributed by atoms with Crippen LogP contribution in [0.4, 0.5) is 0 Å². The predicted molar refractivity (Wildman–Crippen MR) is 231 cm³/mol. The normalized spacial score (nSPS) is 11.1. The van der Waals surface area contributed by atoms with E-state index >= 15 is 0 Å². The van der Waals surface area contributed by atoms with Crippen LogP contribution >= 0.6 is 31.9 Å². The molecule has 0 saturated carbocycles. The minimum Gasteiger partial charge on any atom is -0.222 e. The highest BCUT2D eigenvalue weighted by molar-refractivity contribution is 9.10. The molecule has 0 saturated heterocycles. The summed E-state index contributed by atoms with van der Waals surface area (Å²) in [5, 5.41) is 9.73. The smallest absolute Gasteiger partial charge is 0.197 e. The van der Waals surface area contributed by atoms with E-state index in [0.717, 1.165) is 45.0 Å². The maximum Gasteiger partial charge on any atom is 0.197 e. The minimum atomic E-state index is 0.594. The van der Waals surface area contributed by atoms with E-state index in [0.29, 0.717) is 9.47 Å². The highest BCUT2D eigenvalue weighted by Gasteiger charge is 2.11. The molecule has 0 amide bonds. The Hall–Kier alpha value is -6.08. The first-order chi connectivity index (χ1) is 26.5. The molecule has 4 nitrogen and oxygen atoms in total. The standard InChI is InChI=1S/2C24H15BrN2/c2*25-24-26-22(20-11-9-16-5-1-3-7-18(16)13-20)15-23(27-24)21-12-10-17-6-2-4-8-19(17)14-21/h2*1-15H. The number of benzene rings is 8. The molecule has 0 atom stereocenters. The first-order valence-electron chi connectivity index (χ1n) is 17.6. The molecule has 0 spiro atoms. The van der Waals surface area contributed by atoms with Gasteiger partial charge in [0.15, 0.2) is 9.47 Å². The Bertz CT molecular complexity index is 2600. The Morgan fingerprint density at radius 1 is 0.241 bits per heavy atom. The van der Waals surface area contributed by atoms with E-state index < -0.39 is 0 Å². The van der Waals surface area contributed by atoms with Crippen LogP contribution in [0.2, 0.25) is 0 Å². The Morgan fingerprint density at radius 2 is 0.463 bits per heavy atom. The molecule has 6 heteroatoms. The largest absolute Gasteiger partial charge is 0.222 e. The van der Waals surface area contributed by atoms with Gasteiger partial charge >= 0.3 is 0 Å². The Morgan fingerprint density at radius 3 is 0.704 bits per heavy atom. The van der Waals surface area contributed by atoms with Crippen molar-refractivity contribution in [2.45, 2.75) is 0 Å². The monoisotopic (exact) mass is 820 g/mol. The Balaban J connectivity index is 0.000000142. The number of hydrogen-bond donors (Lipinski definition) is 0. The van der Waals surface area contributed by atoms with Crippen LogP contribution in [-0.2, 0) is 0 Å². The maximum absolute atomic E-state index is 4.60. The lowest BCUT2D eigenvalue weighted by Gasteiger charge is -2.08. The van der Waals surface area contributed by atoms with Crippen LogP contribution < -0.4 is 0 Å². The van der Waals surface area contributed by atoms with Crippen molar-refractivity contribution in [2.75, 3.05) is 0 Å². The zero-order chi connectivity index (χ0) is 36.4. The van der Waals surface area contributed by atoms with Crippen molar-refractivity contribution in [2.24, 2.45) is 0 Å². The first-order valence-corrected chi connectivity index (χ1v) is 19.2. The summed E-state index contributed by atoms with van der Waals surface area (Å²) in [6.07, 6.45) is 0. The molecule has 0 N–H and O–H groups in total. The van der Waals surface area contributed by atoms with Gasteiger partial charge in [-0.05, 0) is 111 Å². The van der Waals surface area contributed by atoms with Crippen molar-refractivity contribution in [3.8, 4) is 45.0 Å². The van der Waals surface area contributed by atoms with E-state index in [9.17, 15) is 0 Å². The molecule has 54 heavy (non-hydrogen) atoms. The van der Waals surface area contributed by atoms with Crippen molar-refractivity contribution in [1.82, 2.24) is 19.9 Å². The molecule has 10 rings (SSSR count). The molecular weight excluding hydrogens is 792 g/mol. The second-order valence-electron chi connectivity index (χ2n) is 13.1. The van der Waals surface area contributed by atoms with Crippen molar-refractivity contribution in [1.29, 1.82) is 0 Å². The zero-order valence-electron chi connectivity index (χ0n) is 28.9. The third kappa shape index (κ3) is 7.14. The van der Waals surface area contributed by atoms with Gasteiger partial charge in [0.1, 0.15) is 0 Å². The number of aromatic nitrogens is 4. The lowest BCUT2D eigenvalue weighted by Crippen LogP contribution is -1.92. The van der Waals surface area contributed by atoms with Crippen LogP contribution in [-0.4, -0.2) is 19.9 Å². The lowest BCUT2D eigenvalue weighted by atomic mass is 10.0. The molecule has 0 fully saturated rings. The summed E-state index contributed by atoms with van der Waals surface area (Å²) < 4.78 is 1.19. The van der Waals surface area contributed by atoms with E-state index in [1.807, 2.05) is 0 Å². The van der Waals surface area contributed by atoms with Crippen molar-refractivity contribution in [3.63, 3.8) is 0 Å². The molecule has 0 unspecified atom stereocenters. The van der Waals surface area contributed by atoms with Crippen LogP contribution in [0.15, 0.2) is 191 Å². The molecule has 0 aliphatic carbocycles. The van der Waals surface area contributed by atoms with Gasteiger partial charge in [-0.3, -0.25) is 0 Å². The molecule has 8 aromatic carbocycles. The zero-order valence-corrected chi connectivity index (χ0v) is 32.0. The van der Waals surface area contributed by atoms with Crippen molar-refractivity contribution in [3.05, 3.63) is 191 Å². The molecule has 0 aliphatic rings. The molecule has 256 valence electrons. The fourth-order valence-corrected chi connectivity index (χ4v) is 7.59. The SMILES string of the molecule is Brc1nc(-c2ccc3ccccc3c2)cc(-c2ccc3ccccc3c2)n1.Brc1nc(-c2ccc3ccccc3c2)cc(-c2ccc3ccccc3c2)n1. The summed E-state index contributed by atoms with van der Waals surface area (Å²) in [4.78, 5) is 18.4. The summed E-state index contributed by atoms with van der Waals surface area (Å²) >= 11 is 6.97. The van der Waals surface area contributed by atoms with Crippen LogP contribution in [0.5, 0.6) is 0 Å². The summed E-state index contributed by atoms with van der Waals surface area (Å²) in [6.45, 7) is 0. The quantitative estimate of drug-likeness (QED) is 0.166. The molecule has 0 radical (unpaired) electrons. The number of fused-ring (bicyclic) bond motifs is 4. The topological polar surface area (TPSA) is 51.6 Å². The predicted octanol–water partition coefficient (Wildman–Crippen LogP) is 13.8. The fraction of sp³-hybridized carbons (Fsp3) is 0. The van der Waals surface area contributed by atoms with Gasteiger partial charge < -0.3 is 0 Å². The Labute approximate surface area is 329 Å². The van der Waals surface area contributed by atoms with Crippen LogP contribution in [0.25, 0.3) is 88.1 Å². The summed E-state index contributed by atoms with van der Waals surface area (Å²) in [5.74, 6) is 0. The number of rotatable bonds is 4. The van der Waals surface area contributed by atoms with Gasteiger partial charge in [-0.15, -0.1) is 0 Å². The van der Waals surface area contributed by atoms with Crippen LogP contribution in [0, 0.1) is 0 Å². The highest BCUT2D eigenvalue weighted by atomic mass is 79.9. The van der Waals surface area contributed by atoms with E-state index in [2.05, 4.69) is 234 Å². The van der Waals surface area contributed by atoms with Gasteiger partial charge in [-0.25, -0.2) is 19.9 Å². The molecule has 10 aromatic rings. The van der Waals surface area contributed by atoms with Gasteiger partial charge in [-0.2, -0.15) is 0 Å². The van der Waals surface area contributed by atoms with Gasteiger partial charge in [-0.1, -0.05) is 146 Å². The second-order valence-corrected chi connectivity index (χ2v) is 14.5. The molecular formula is C48H30Br2N4. The average Bonchev–Trinajstić information content (AvgIpc) is 3.22. The van der Waals surface area contributed by atoms with Gasteiger partial charge in [0.05, 0.1) is 22.8 Å². The third-order valence-corrected chi connectivity index (χ3v) is 10.3. The van der Waals surface area contributed by atoms with Crippen molar-refractivity contribution >= 4 is 74.9 Å². The van der Waals surface area contributed by atoms with Gasteiger partial charge in [0.25, 0.3) is 0 Å².